The summed E-state index contributed by atoms with van der Waals surface area (Å²) < 4.78 is 17.2. The van der Waals surface area contributed by atoms with Crippen molar-refractivity contribution in [2.45, 2.75) is 6.92 Å². The summed E-state index contributed by atoms with van der Waals surface area (Å²) in [5.74, 6) is -0.224. The number of ketones is 1. The van der Waals surface area contributed by atoms with Gasteiger partial charge in [0.25, 0.3) is 5.91 Å². The molecule has 8 heteroatoms. The van der Waals surface area contributed by atoms with Gasteiger partial charge in [-0.25, -0.2) is 4.79 Å². The number of nitrogens with one attached hydrogen (secondary N) is 1. The van der Waals surface area contributed by atoms with E-state index in [1.54, 1.807) is 47.0 Å². The second-order valence-corrected chi connectivity index (χ2v) is 6.15. The van der Waals surface area contributed by atoms with Crippen molar-refractivity contribution in [1.29, 1.82) is 0 Å². The van der Waals surface area contributed by atoms with E-state index in [4.69, 9.17) is 14.2 Å². The number of Topliss-reactive ketones (excluding diaryl/α,β-unsaturated/α-hetero) is 1. The fourth-order valence-electron chi connectivity index (χ4n) is 2.97. The van der Waals surface area contributed by atoms with Gasteiger partial charge in [-0.3, -0.25) is 9.59 Å². The van der Waals surface area contributed by atoms with E-state index in [9.17, 15) is 14.4 Å². The third-order valence-electron chi connectivity index (χ3n) is 4.25. The maximum absolute atomic E-state index is 12.4. The van der Waals surface area contributed by atoms with Crippen molar-refractivity contribution in [3.63, 3.8) is 0 Å². The van der Waals surface area contributed by atoms with E-state index >= 15 is 0 Å². The predicted octanol–water partition coefficient (Wildman–Crippen LogP) is 2.67. The Bertz CT molecular complexity index is 1100. The molecule has 1 amide bonds. The number of benzene rings is 1. The summed E-state index contributed by atoms with van der Waals surface area (Å²) >= 11 is 0. The largest absolute Gasteiger partial charge is 0.454 e. The molecule has 0 radical (unpaired) electrons. The molecule has 0 bridgehead atoms. The number of pyridine rings is 1. The van der Waals surface area contributed by atoms with Gasteiger partial charge < -0.3 is 23.9 Å². The second-order valence-electron chi connectivity index (χ2n) is 6.15. The lowest BCUT2D eigenvalue weighted by Crippen LogP contribution is -2.20. The first-order chi connectivity index (χ1) is 13.5. The minimum atomic E-state index is -0.683. The molecule has 2 aromatic heterocycles. The lowest BCUT2D eigenvalue weighted by molar-refractivity contribution is -0.119. The van der Waals surface area contributed by atoms with Gasteiger partial charge in [-0.1, -0.05) is 6.07 Å². The van der Waals surface area contributed by atoms with E-state index < -0.39 is 18.5 Å². The van der Waals surface area contributed by atoms with E-state index in [1.807, 2.05) is 0 Å². The summed E-state index contributed by atoms with van der Waals surface area (Å²) in [5, 5.41) is 2.63. The Kier molecular flexibility index (Phi) is 4.44. The van der Waals surface area contributed by atoms with Crippen LogP contribution in [0.5, 0.6) is 11.5 Å². The average Bonchev–Trinajstić information content (AvgIpc) is 3.30. The van der Waals surface area contributed by atoms with Crippen LogP contribution in [0.3, 0.4) is 0 Å². The standard InChI is InChI=1S/C20H16N2O6/c1-12(23)16-9-14(15-4-2-3-7-22(15)16)20(25)26-10-19(24)21-13-5-6-17-18(8-13)28-11-27-17/h2-9H,10-11H2,1H3,(H,21,24). The minimum absolute atomic E-state index is 0.137. The number of hydrogen-bond acceptors (Lipinski definition) is 6. The van der Waals surface area contributed by atoms with E-state index in [-0.39, 0.29) is 18.1 Å². The van der Waals surface area contributed by atoms with Crippen LogP contribution in [0.25, 0.3) is 5.52 Å². The molecule has 1 N–H and O–H groups in total. The number of carbonyl (C=O) groups is 3. The average molecular weight is 380 g/mol. The quantitative estimate of drug-likeness (QED) is 0.540. The van der Waals surface area contributed by atoms with Crippen molar-refractivity contribution < 1.29 is 28.6 Å². The maximum Gasteiger partial charge on any atom is 0.340 e. The Morgan fingerprint density at radius 2 is 1.93 bits per heavy atom. The smallest absolute Gasteiger partial charge is 0.340 e. The van der Waals surface area contributed by atoms with Gasteiger partial charge in [0, 0.05) is 24.9 Å². The molecular weight excluding hydrogens is 364 g/mol. The summed E-state index contributed by atoms with van der Waals surface area (Å²) in [6.45, 7) is 1.09. The zero-order valence-electron chi connectivity index (χ0n) is 14.9. The van der Waals surface area contributed by atoms with Gasteiger partial charge in [0.2, 0.25) is 6.79 Å². The lowest BCUT2D eigenvalue weighted by Gasteiger charge is -2.07. The monoisotopic (exact) mass is 380 g/mol. The van der Waals surface area contributed by atoms with Crippen molar-refractivity contribution in [3.8, 4) is 11.5 Å². The molecule has 0 saturated heterocycles. The summed E-state index contributed by atoms with van der Waals surface area (Å²) in [7, 11) is 0. The molecule has 4 rings (SSSR count). The van der Waals surface area contributed by atoms with Crippen LogP contribution in [0.4, 0.5) is 5.69 Å². The van der Waals surface area contributed by atoms with Crippen molar-refractivity contribution in [1.82, 2.24) is 4.40 Å². The van der Waals surface area contributed by atoms with E-state index in [2.05, 4.69) is 5.32 Å². The minimum Gasteiger partial charge on any atom is -0.454 e. The number of esters is 1. The molecule has 3 heterocycles. The molecule has 28 heavy (non-hydrogen) atoms. The number of aromatic nitrogens is 1. The fraction of sp³-hybridized carbons (Fsp3) is 0.150. The van der Waals surface area contributed by atoms with Gasteiger partial charge in [0.05, 0.1) is 16.8 Å². The summed E-state index contributed by atoms with van der Waals surface area (Å²) in [6, 6.07) is 11.7. The van der Waals surface area contributed by atoms with E-state index in [0.717, 1.165) is 0 Å². The zero-order valence-corrected chi connectivity index (χ0v) is 14.9. The predicted molar refractivity (Wildman–Crippen MR) is 98.9 cm³/mol. The van der Waals surface area contributed by atoms with Crippen molar-refractivity contribution >= 4 is 28.9 Å². The van der Waals surface area contributed by atoms with Gasteiger partial charge in [0.1, 0.15) is 0 Å². The number of nitrogens with zero attached hydrogens (tertiary/aromatic N) is 1. The van der Waals surface area contributed by atoms with Gasteiger partial charge >= 0.3 is 5.97 Å². The van der Waals surface area contributed by atoms with Crippen LogP contribution in [-0.2, 0) is 9.53 Å². The molecular formula is C20H16N2O6. The molecule has 0 spiro atoms. The van der Waals surface area contributed by atoms with Crippen LogP contribution in [0.2, 0.25) is 0 Å². The molecule has 0 saturated carbocycles. The van der Waals surface area contributed by atoms with Crippen LogP contribution >= 0.6 is 0 Å². The van der Waals surface area contributed by atoms with Crippen molar-refractivity contribution in [3.05, 3.63) is 59.9 Å². The molecule has 1 aliphatic heterocycles. The Morgan fingerprint density at radius 3 is 2.75 bits per heavy atom. The third kappa shape index (κ3) is 3.27. The van der Waals surface area contributed by atoms with Crippen LogP contribution in [0.1, 0.15) is 27.8 Å². The second kappa shape index (κ2) is 7.07. The molecule has 3 aromatic rings. The number of anilines is 1. The highest BCUT2D eigenvalue weighted by atomic mass is 16.7. The molecule has 0 aliphatic carbocycles. The van der Waals surface area contributed by atoms with Gasteiger partial charge in [-0.15, -0.1) is 0 Å². The van der Waals surface area contributed by atoms with Gasteiger partial charge in [-0.05, 0) is 30.3 Å². The first-order valence-electron chi connectivity index (χ1n) is 8.50. The molecule has 142 valence electrons. The Morgan fingerprint density at radius 1 is 1.11 bits per heavy atom. The van der Waals surface area contributed by atoms with Gasteiger partial charge in [-0.2, -0.15) is 0 Å². The van der Waals surface area contributed by atoms with Crippen molar-refractivity contribution in [2.24, 2.45) is 0 Å². The van der Waals surface area contributed by atoms with Crippen LogP contribution in [0.15, 0.2) is 48.7 Å². The normalized spacial score (nSPS) is 12.0. The molecule has 0 fully saturated rings. The van der Waals surface area contributed by atoms with Crippen LogP contribution in [0, 0.1) is 0 Å². The highest BCUT2D eigenvalue weighted by Gasteiger charge is 2.20. The maximum atomic E-state index is 12.4. The molecule has 8 nitrogen and oxygen atoms in total. The third-order valence-corrected chi connectivity index (χ3v) is 4.25. The molecule has 0 atom stereocenters. The topological polar surface area (TPSA) is 95.3 Å². The fourth-order valence-corrected chi connectivity index (χ4v) is 2.97. The summed E-state index contributed by atoms with van der Waals surface area (Å²) in [5.41, 5.74) is 1.63. The van der Waals surface area contributed by atoms with Crippen LogP contribution in [-0.4, -0.2) is 35.5 Å². The SMILES string of the molecule is CC(=O)c1cc(C(=O)OCC(=O)Nc2ccc3c(c2)OCO3)c2ccccn12. The summed E-state index contributed by atoms with van der Waals surface area (Å²) in [4.78, 5) is 36.3. The van der Waals surface area contributed by atoms with Crippen LogP contribution < -0.4 is 14.8 Å². The number of ether oxygens (including phenoxy) is 3. The zero-order chi connectivity index (χ0) is 19.7. The highest BCUT2D eigenvalue weighted by Crippen LogP contribution is 2.34. The number of amides is 1. The number of fused-ring (bicyclic) bond motifs is 2. The van der Waals surface area contributed by atoms with Crippen molar-refractivity contribution in [2.75, 3.05) is 18.7 Å². The molecule has 0 unspecified atom stereocenters. The Labute approximate surface area is 159 Å². The first-order valence-corrected chi connectivity index (χ1v) is 8.50. The summed E-state index contributed by atoms with van der Waals surface area (Å²) in [6.07, 6.45) is 1.69. The highest BCUT2D eigenvalue weighted by molar-refractivity contribution is 6.04. The Balaban J connectivity index is 1.44. The first kappa shape index (κ1) is 17.6. The van der Waals surface area contributed by atoms with E-state index in [1.165, 1.54) is 13.0 Å². The molecule has 1 aromatic carbocycles. The molecule has 1 aliphatic rings. The number of carbonyl (C=O) groups excluding carboxylic acids is 3. The van der Waals surface area contributed by atoms with Gasteiger partial charge in [0.15, 0.2) is 23.9 Å². The number of hydrogen-bond donors (Lipinski definition) is 1. The number of rotatable bonds is 5. The lowest BCUT2D eigenvalue weighted by atomic mass is 10.2. The Hall–Kier alpha value is -3.81. The van der Waals surface area contributed by atoms with E-state index in [0.29, 0.717) is 28.4 Å².